The number of carbonyl (C=O) groups excluding carboxylic acids is 1. The van der Waals surface area contributed by atoms with Gasteiger partial charge >= 0.3 is 0 Å². The van der Waals surface area contributed by atoms with Crippen LogP contribution in [-0.4, -0.2) is 12.6 Å². The van der Waals surface area contributed by atoms with Gasteiger partial charge in [0.25, 0.3) is 6.47 Å². The van der Waals surface area contributed by atoms with Crippen molar-refractivity contribution in [2.45, 2.75) is 66.5 Å². The Balaban J connectivity index is 0.000000567. The van der Waals surface area contributed by atoms with Crippen molar-refractivity contribution in [3.8, 4) is 0 Å². The average Bonchev–Trinajstić information content (AvgIpc) is 2.36. The fourth-order valence-corrected chi connectivity index (χ4v) is 1.68. The van der Waals surface area contributed by atoms with Gasteiger partial charge in [-0.2, -0.15) is 0 Å². The lowest BCUT2D eigenvalue weighted by Crippen LogP contribution is -2.14. The summed E-state index contributed by atoms with van der Waals surface area (Å²) >= 11 is 0. The molecule has 0 spiro atoms. The molecule has 1 rings (SSSR count). The van der Waals surface area contributed by atoms with Crippen LogP contribution >= 0.6 is 0 Å². The number of aryl methyl sites for hydroxylation is 1. The Bertz CT molecular complexity index is 391. The van der Waals surface area contributed by atoms with E-state index in [2.05, 4.69) is 56.7 Å². The molecule has 1 unspecified atom stereocenters. The molecule has 1 aromatic rings. The van der Waals surface area contributed by atoms with Crippen LogP contribution in [-0.2, 0) is 9.53 Å². The van der Waals surface area contributed by atoms with Gasteiger partial charge in [-0.1, -0.05) is 50.6 Å². The molecule has 0 aromatic heterocycles. The van der Waals surface area contributed by atoms with Crippen molar-refractivity contribution >= 4 is 6.47 Å². The predicted octanol–water partition coefficient (Wildman–Crippen LogP) is 4.39. The summed E-state index contributed by atoms with van der Waals surface area (Å²) < 4.78 is 4.36. The van der Waals surface area contributed by atoms with E-state index >= 15 is 0 Å². The number of nitrogens with two attached hydrogens (primary N) is 1. The fourth-order valence-electron chi connectivity index (χ4n) is 1.68. The average molecular weight is 293 g/mol. The van der Waals surface area contributed by atoms with Gasteiger partial charge in [0.05, 0.1) is 6.10 Å². The van der Waals surface area contributed by atoms with Gasteiger partial charge in [-0.3, -0.25) is 4.79 Å². The zero-order chi connectivity index (χ0) is 16.5. The fraction of sp³-hybridized carbons (Fsp3) is 0.611. The second-order valence-corrected chi connectivity index (χ2v) is 6.90. The van der Waals surface area contributed by atoms with Crippen LogP contribution in [0.25, 0.3) is 0 Å². The van der Waals surface area contributed by atoms with Gasteiger partial charge in [-0.05, 0) is 44.6 Å². The summed E-state index contributed by atoms with van der Waals surface area (Å²) in [6, 6.07) is 8.73. The minimum absolute atomic E-state index is 0.0301. The molecule has 0 amide bonds. The van der Waals surface area contributed by atoms with Crippen molar-refractivity contribution in [3.05, 3.63) is 35.4 Å². The summed E-state index contributed by atoms with van der Waals surface area (Å²) in [5, 5.41) is 0. The quantitative estimate of drug-likeness (QED) is 0.819. The second kappa shape index (κ2) is 9.56. The van der Waals surface area contributed by atoms with Crippen LogP contribution in [0.4, 0.5) is 0 Å². The first kappa shape index (κ1) is 19.7. The molecule has 0 bridgehead atoms. The Labute approximate surface area is 129 Å². The van der Waals surface area contributed by atoms with E-state index in [4.69, 9.17) is 5.73 Å². The van der Waals surface area contributed by atoms with Gasteiger partial charge < -0.3 is 10.5 Å². The van der Waals surface area contributed by atoms with E-state index in [9.17, 15) is 4.79 Å². The lowest BCUT2D eigenvalue weighted by Gasteiger charge is -2.21. The maximum Gasteiger partial charge on any atom is 0.293 e. The topological polar surface area (TPSA) is 52.3 Å². The Hall–Kier alpha value is -1.35. The minimum atomic E-state index is 0.0301. The van der Waals surface area contributed by atoms with E-state index in [1.54, 1.807) is 13.8 Å². The van der Waals surface area contributed by atoms with Gasteiger partial charge in [0.1, 0.15) is 0 Å². The SMILES string of the molecule is CC(C)OC=O.Cc1ccc(C(N)CCC(C)(C)C)cc1. The van der Waals surface area contributed by atoms with E-state index < -0.39 is 0 Å². The summed E-state index contributed by atoms with van der Waals surface area (Å²) in [5.41, 5.74) is 9.08. The van der Waals surface area contributed by atoms with Gasteiger partial charge in [-0.25, -0.2) is 0 Å². The first-order valence-electron chi connectivity index (χ1n) is 7.57. The molecular formula is C18H31NO2. The van der Waals surface area contributed by atoms with Crippen molar-refractivity contribution in [1.82, 2.24) is 0 Å². The van der Waals surface area contributed by atoms with Crippen LogP contribution in [0.15, 0.2) is 24.3 Å². The Morgan fingerprint density at radius 1 is 1.19 bits per heavy atom. The Kier molecular flexibility index (Phi) is 8.95. The van der Waals surface area contributed by atoms with Gasteiger partial charge in [0, 0.05) is 6.04 Å². The molecule has 120 valence electrons. The van der Waals surface area contributed by atoms with E-state index in [0.717, 1.165) is 6.42 Å². The summed E-state index contributed by atoms with van der Waals surface area (Å²) in [7, 11) is 0. The molecule has 3 heteroatoms. The summed E-state index contributed by atoms with van der Waals surface area (Å²) in [6.07, 6.45) is 2.26. The maximum absolute atomic E-state index is 9.39. The molecule has 0 fully saturated rings. The van der Waals surface area contributed by atoms with Crippen LogP contribution in [0.2, 0.25) is 0 Å². The number of benzene rings is 1. The third kappa shape index (κ3) is 11.0. The van der Waals surface area contributed by atoms with Crippen LogP contribution in [0, 0.1) is 12.3 Å². The maximum atomic E-state index is 9.39. The number of hydrogen-bond acceptors (Lipinski definition) is 3. The molecule has 0 aliphatic carbocycles. The van der Waals surface area contributed by atoms with Crippen molar-refractivity contribution in [3.63, 3.8) is 0 Å². The van der Waals surface area contributed by atoms with Crippen molar-refractivity contribution in [2.75, 3.05) is 0 Å². The highest BCUT2D eigenvalue weighted by atomic mass is 16.5. The van der Waals surface area contributed by atoms with Crippen molar-refractivity contribution < 1.29 is 9.53 Å². The molecule has 3 nitrogen and oxygen atoms in total. The standard InChI is InChI=1S/C14H23N.C4H8O2/c1-11-5-7-12(8-6-11)13(15)9-10-14(2,3)4;1-4(2)6-3-5/h5-8,13H,9-10,15H2,1-4H3;3-4H,1-2H3. The summed E-state index contributed by atoms with van der Waals surface area (Å²) in [6.45, 7) is 12.9. The summed E-state index contributed by atoms with van der Waals surface area (Å²) in [4.78, 5) is 9.39. The van der Waals surface area contributed by atoms with Crippen LogP contribution in [0.1, 0.15) is 64.6 Å². The first-order chi connectivity index (χ1) is 9.65. The number of hydrogen-bond donors (Lipinski definition) is 1. The summed E-state index contributed by atoms with van der Waals surface area (Å²) in [5.74, 6) is 0. The number of rotatable bonds is 5. The van der Waals surface area contributed by atoms with Gasteiger partial charge in [0.15, 0.2) is 0 Å². The predicted molar refractivity (Wildman–Crippen MR) is 89.1 cm³/mol. The van der Waals surface area contributed by atoms with Crippen LogP contribution < -0.4 is 5.73 Å². The van der Waals surface area contributed by atoms with E-state index in [-0.39, 0.29) is 12.1 Å². The monoisotopic (exact) mass is 293 g/mol. The smallest absolute Gasteiger partial charge is 0.293 e. The lowest BCUT2D eigenvalue weighted by molar-refractivity contribution is -0.131. The zero-order valence-corrected chi connectivity index (χ0v) is 14.3. The highest BCUT2D eigenvalue weighted by Gasteiger charge is 2.13. The molecule has 0 aliphatic heterocycles. The molecule has 1 aromatic carbocycles. The molecule has 1 atom stereocenters. The molecule has 2 N–H and O–H groups in total. The molecule has 0 radical (unpaired) electrons. The molecule has 0 saturated carbocycles. The van der Waals surface area contributed by atoms with Crippen molar-refractivity contribution in [2.24, 2.45) is 11.1 Å². The van der Waals surface area contributed by atoms with Crippen LogP contribution in [0.3, 0.4) is 0 Å². The number of carbonyl (C=O) groups is 1. The molecule has 21 heavy (non-hydrogen) atoms. The van der Waals surface area contributed by atoms with Gasteiger partial charge in [0.2, 0.25) is 0 Å². The molecular weight excluding hydrogens is 262 g/mol. The number of ether oxygens (including phenoxy) is 1. The Morgan fingerprint density at radius 3 is 2.05 bits per heavy atom. The zero-order valence-electron chi connectivity index (χ0n) is 14.3. The largest absolute Gasteiger partial charge is 0.465 e. The molecule has 0 heterocycles. The highest BCUT2D eigenvalue weighted by molar-refractivity contribution is 5.37. The van der Waals surface area contributed by atoms with Gasteiger partial charge in [-0.15, -0.1) is 0 Å². The first-order valence-corrected chi connectivity index (χ1v) is 7.57. The van der Waals surface area contributed by atoms with E-state index in [0.29, 0.717) is 11.9 Å². The molecule has 0 saturated heterocycles. The normalized spacial score (nSPS) is 12.4. The van der Waals surface area contributed by atoms with Crippen molar-refractivity contribution in [1.29, 1.82) is 0 Å². The third-order valence-electron chi connectivity index (χ3n) is 3.04. The second-order valence-electron chi connectivity index (χ2n) is 6.90. The molecule has 0 aliphatic rings. The van der Waals surface area contributed by atoms with Crippen LogP contribution in [0.5, 0.6) is 0 Å². The van der Waals surface area contributed by atoms with E-state index in [1.165, 1.54) is 17.5 Å². The highest BCUT2D eigenvalue weighted by Crippen LogP contribution is 2.26. The third-order valence-corrected chi connectivity index (χ3v) is 3.04. The Morgan fingerprint density at radius 2 is 1.71 bits per heavy atom. The van der Waals surface area contributed by atoms with E-state index in [1.807, 2.05) is 0 Å². The lowest BCUT2D eigenvalue weighted by atomic mass is 9.87. The minimum Gasteiger partial charge on any atom is -0.465 e.